The Hall–Kier alpha value is -2.69. The van der Waals surface area contributed by atoms with Crippen molar-refractivity contribution in [2.45, 2.75) is 40.7 Å². The first-order valence-electron chi connectivity index (χ1n) is 7.85. The van der Waals surface area contributed by atoms with Crippen molar-refractivity contribution in [2.75, 3.05) is 0 Å². The summed E-state index contributed by atoms with van der Waals surface area (Å²) in [5.41, 5.74) is 5.21. The molecule has 0 aromatic heterocycles. The highest BCUT2D eigenvalue weighted by Gasteiger charge is 2.20. The Morgan fingerprint density at radius 2 is 1.71 bits per heavy atom. The van der Waals surface area contributed by atoms with Crippen LogP contribution in [0.3, 0.4) is 0 Å². The number of hydrogen-bond donors (Lipinski definition) is 1. The zero-order chi connectivity index (χ0) is 18.0. The van der Waals surface area contributed by atoms with E-state index in [0.29, 0.717) is 11.1 Å². The van der Waals surface area contributed by atoms with E-state index in [1.54, 1.807) is 13.0 Å². The van der Waals surface area contributed by atoms with E-state index in [9.17, 15) is 14.9 Å². The normalized spacial score (nSPS) is 11.9. The predicted molar refractivity (Wildman–Crippen MR) is 94.4 cm³/mol. The molecule has 0 heterocycles. The van der Waals surface area contributed by atoms with Crippen LogP contribution in [0, 0.1) is 37.8 Å². The van der Waals surface area contributed by atoms with Gasteiger partial charge in [-0.1, -0.05) is 18.2 Å². The first kappa shape index (κ1) is 17.7. The molecule has 0 saturated heterocycles. The summed E-state index contributed by atoms with van der Waals surface area (Å²) in [5, 5.41) is 14.0. The van der Waals surface area contributed by atoms with E-state index in [1.807, 2.05) is 20.8 Å². The van der Waals surface area contributed by atoms with E-state index in [1.165, 1.54) is 23.3 Å². The molecule has 2 aromatic carbocycles. The lowest BCUT2D eigenvalue weighted by atomic mass is 9.96. The van der Waals surface area contributed by atoms with Crippen molar-refractivity contribution >= 4 is 11.6 Å². The van der Waals surface area contributed by atoms with Crippen molar-refractivity contribution in [3.05, 3.63) is 73.8 Å². The van der Waals surface area contributed by atoms with Gasteiger partial charge in [-0.05, 0) is 62.9 Å². The van der Waals surface area contributed by atoms with Crippen LogP contribution in [0.5, 0.6) is 0 Å². The van der Waals surface area contributed by atoms with Crippen LogP contribution in [-0.2, 0) is 0 Å². The quantitative estimate of drug-likeness (QED) is 0.672. The molecule has 1 unspecified atom stereocenters. The molecule has 0 saturated carbocycles. The fourth-order valence-corrected chi connectivity index (χ4v) is 2.87. The second-order valence-electron chi connectivity index (χ2n) is 6.20. The molecule has 0 bridgehead atoms. The minimum Gasteiger partial charge on any atom is -0.345 e. The van der Waals surface area contributed by atoms with Crippen LogP contribution < -0.4 is 5.32 Å². The van der Waals surface area contributed by atoms with Crippen molar-refractivity contribution < 1.29 is 9.72 Å². The SMILES string of the molecule is Cc1cc(C)c(C(C)NC(=O)c2cccc([N+](=O)[O-])c2C)cc1C. The number of hydrogen-bond acceptors (Lipinski definition) is 3. The molecule has 2 rings (SSSR count). The third kappa shape index (κ3) is 3.45. The Morgan fingerprint density at radius 1 is 1.08 bits per heavy atom. The largest absolute Gasteiger partial charge is 0.345 e. The molecule has 2 aromatic rings. The smallest absolute Gasteiger partial charge is 0.273 e. The number of carbonyl (C=O) groups excluding carboxylic acids is 1. The monoisotopic (exact) mass is 326 g/mol. The molecule has 0 radical (unpaired) electrons. The van der Waals surface area contributed by atoms with Gasteiger partial charge in [0.1, 0.15) is 0 Å². The third-order valence-electron chi connectivity index (χ3n) is 4.44. The van der Waals surface area contributed by atoms with E-state index >= 15 is 0 Å². The van der Waals surface area contributed by atoms with E-state index < -0.39 is 4.92 Å². The first-order chi connectivity index (χ1) is 11.2. The topological polar surface area (TPSA) is 72.2 Å². The molecular formula is C19H22N2O3. The zero-order valence-electron chi connectivity index (χ0n) is 14.6. The van der Waals surface area contributed by atoms with Crippen LogP contribution in [0.4, 0.5) is 5.69 Å². The van der Waals surface area contributed by atoms with Gasteiger partial charge in [0.2, 0.25) is 0 Å². The lowest BCUT2D eigenvalue weighted by Gasteiger charge is -2.19. The maximum absolute atomic E-state index is 12.6. The molecule has 24 heavy (non-hydrogen) atoms. The summed E-state index contributed by atoms with van der Waals surface area (Å²) in [5.74, 6) is -0.304. The number of nitro groups is 1. The Labute approximate surface area is 141 Å². The highest BCUT2D eigenvalue weighted by Crippen LogP contribution is 2.24. The van der Waals surface area contributed by atoms with E-state index in [0.717, 1.165) is 11.1 Å². The Balaban J connectivity index is 2.29. The van der Waals surface area contributed by atoms with Gasteiger partial charge in [0.25, 0.3) is 11.6 Å². The average Bonchev–Trinajstić information content (AvgIpc) is 2.50. The summed E-state index contributed by atoms with van der Waals surface area (Å²) < 4.78 is 0. The van der Waals surface area contributed by atoms with Crippen molar-refractivity contribution in [2.24, 2.45) is 0 Å². The number of nitrogens with one attached hydrogen (secondary N) is 1. The van der Waals surface area contributed by atoms with Crippen LogP contribution in [0.1, 0.15) is 51.1 Å². The van der Waals surface area contributed by atoms with Gasteiger partial charge >= 0.3 is 0 Å². The maximum atomic E-state index is 12.6. The standard InChI is InChI=1S/C19H22N2O3/c1-11-9-13(3)17(10-12(11)2)15(5)20-19(22)16-7-6-8-18(14(16)4)21(23)24/h6-10,15H,1-5H3,(H,20,22). The Morgan fingerprint density at radius 3 is 2.33 bits per heavy atom. The molecule has 1 atom stereocenters. The van der Waals surface area contributed by atoms with E-state index in [2.05, 4.69) is 24.4 Å². The number of rotatable bonds is 4. The Bertz CT molecular complexity index is 812. The van der Waals surface area contributed by atoms with Gasteiger partial charge in [0.05, 0.1) is 11.0 Å². The molecule has 1 amide bonds. The summed E-state index contributed by atoms with van der Waals surface area (Å²) in [6.45, 7) is 9.63. The Kier molecular flexibility index (Phi) is 5.02. The lowest BCUT2D eigenvalue weighted by molar-refractivity contribution is -0.385. The van der Waals surface area contributed by atoms with E-state index in [-0.39, 0.29) is 17.6 Å². The first-order valence-corrected chi connectivity index (χ1v) is 7.85. The number of nitro benzene ring substituents is 1. The van der Waals surface area contributed by atoms with Crippen LogP contribution in [0.15, 0.2) is 30.3 Å². The predicted octanol–water partition coefficient (Wildman–Crippen LogP) is 4.32. The van der Waals surface area contributed by atoms with Crippen molar-refractivity contribution in [1.29, 1.82) is 0 Å². The van der Waals surface area contributed by atoms with Crippen molar-refractivity contribution in [3.8, 4) is 0 Å². The number of carbonyl (C=O) groups is 1. The average molecular weight is 326 g/mol. The second-order valence-corrected chi connectivity index (χ2v) is 6.20. The highest BCUT2D eigenvalue weighted by atomic mass is 16.6. The molecule has 5 nitrogen and oxygen atoms in total. The number of nitrogens with zero attached hydrogens (tertiary/aromatic N) is 1. The summed E-state index contributed by atoms with van der Waals surface area (Å²) in [4.78, 5) is 23.1. The van der Waals surface area contributed by atoms with Crippen molar-refractivity contribution in [3.63, 3.8) is 0 Å². The molecule has 0 aliphatic carbocycles. The van der Waals surface area contributed by atoms with Gasteiger partial charge in [-0.2, -0.15) is 0 Å². The zero-order valence-corrected chi connectivity index (χ0v) is 14.6. The molecule has 126 valence electrons. The summed E-state index contributed by atoms with van der Waals surface area (Å²) in [6, 6.07) is 8.55. The van der Waals surface area contributed by atoms with Gasteiger partial charge in [-0.25, -0.2) is 0 Å². The molecule has 0 fully saturated rings. The molecular weight excluding hydrogens is 304 g/mol. The van der Waals surface area contributed by atoms with Gasteiger partial charge in [0, 0.05) is 17.2 Å². The van der Waals surface area contributed by atoms with Crippen LogP contribution in [-0.4, -0.2) is 10.8 Å². The molecule has 0 spiro atoms. The molecule has 0 aliphatic rings. The molecule has 5 heteroatoms. The third-order valence-corrected chi connectivity index (χ3v) is 4.44. The van der Waals surface area contributed by atoms with Gasteiger partial charge < -0.3 is 5.32 Å². The van der Waals surface area contributed by atoms with Crippen LogP contribution >= 0.6 is 0 Å². The number of aryl methyl sites for hydroxylation is 3. The fraction of sp³-hybridized carbons (Fsp3) is 0.316. The molecule has 1 N–H and O–H groups in total. The van der Waals surface area contributed by atoms with Crippen LogP contribution in [0.25, 0.3) is 0 Å². The fourth-order valence-electron chi connectivity index (χ4n) is 2.87. The second kappa shape index (κ2) is 6.83. The van der Waals surface area contributed by atoms with Gasteiger partial charge in [0.15, 0.2) is 0 Å². The summed E-state index contributed by atoms with van der Waals surface area (Å²) >= 11 is 0. The van der Waals surface area contributed by atoms with Gasteiger partial charge in [-0.3, -0.25) is 14.9 Å². The number of amides is 1. The minimum atomic E-state index is -0.469. The highest BCUT2D eigenvalue weighted by molar-refractivity contribution is 5.96. The van der Waals surface area contributed by atoms with E-state index in [4.69, 9.17) is 0 Å². The summed E-state index contributed by atoms with van der Waals surface area (Å²) in [6.07, 6.45) is 0. The summed E-state index contributed by atoms with van der Waals surface area (Å²) in [7, 11) is 0. The lowest BCUT2D eigenvalue weighted by Crippen LogP contribution is -2.28. The van der Waals surface area contributed by atoms with Crippen LogP contribution in [0.2, 0.25) is 0 Å². The van der Waals surface area contributed by atoms with Gasteiger partial charge in [-0.15, -0.1) is 0 Å². The molecule has 0 aliphatic heterocycles. The maximum Gasteiger partial charge on any atom is 0.273 e. The minimum absolute atomic E-state index is 0.0438. The van der Waals surface area contributed by atoms with Crippen molar-refractivity contribution in [1.82, 2.24) is 5.32 Å². The number of benzene rings is 2.